The van der Waals surface area contributed by atoms with Crippen LogP contribution in [0.3, 0.4) is 0 Å². The van der Waals surface area contributed by atoms with E-state index in [4.69, 9.17) is 4.74 Å². The summed E-state index contributed by atoms with van der Waals surface area (Å²) in [6.07, 6.45) is 4.77. The molecule has 0 spiro atoms. The van der Waals surface area contributed by atoms with Crippen molar-refractivity contribution in [2.45, 2.75) is 59.0 Å². The zero-order chi connectivity index (χ0) is 14.4. The molecule has 1 aromatic rings. The lowest BCUT2D eigenvalue weighted by Gasteiger charge is -2.27. The Bertz CT molecular complexity index is 396. The van der Waals surface area contributed by atoms with Gasteiger partial charge in [0.2, 0.25) is 0 Å². The Balaban J connectivity index is 2.08. The molecule has 2 rings (SSSR count). The molecule has 1 N–H and O–H groups in total. The Labute approximate surface area is 122 Å². The first-order chi connectivity index (χ1) is 9.74. The van der Waals surface area contributed by atoms with E-state index in [1.165, 1.54) is 31.4 Å². The van der Waals surface area contributed by atoms with Crippen molar-refractivity contribution in [1.82, 2.24) is 15.1 Å². The van der Waals surface area contributed by atoms with Crippen LogP contribution in [0.15, 0.2) is 6.07 Å². The third kappa shape index (κ3) is 4.06. The van der Waals surface area contributed by atoms with Gasteiger partial charge >= 0.3 is 0 Å². The number of hydrogen-bond donors (Lipinski definition) is 1. The van der Waals surface area contributed by atoms with Gasteiger partial charge in [0.1, 0.15) is 0 Å². The smallest absolute Gasteiger partial charge is 0.0597 e. The lowest BCUT2D eigenvalue weighted by atomic mass is 9.91. The molecule has 0 aromatic carbocycles. The van der Waals surface area contributed by atoms with Gasteiger partial charge in [-0.3, -0.25) is 4.68 Å². The molecule has 4 nitrogen and oxygen atoms in total. The molecule has 1 aliphatic heterocycles. The second-order valence-electron chi connectivity index (χ2n) is 5.82. The molecule has 1 atom stereocenters. The summed E-state index contributed by atoms with van der Waals surface area (Å²) < 4.78 is 7.63. The fourth-order valence-electron chi connectivity index (χ4n) is 3.04. The second-order valence-corrected chi connectivity index (χ2v) is 5.82. The van der Waals surface area contributed by atoms with Crippen LogP contribution in [0.5, 0.6) is 0 Å². The third-order valence-electron chi connectivity index (χ3n) is 4.14. The zero-order valence-electron chi connectivity index (χ0n) is 13.2. The first-order valence-corrected chi connectivity index (χ1v) is 8.10. The van der Waals surface area contributed by atoms with E-state index in [0.29, 0.717) is 6.04 Å². The molecule has 0 bridgehead atoms. The van der Waals surface area contributed by atoms with Crippen molar-refractivity contribution < 1.29 is 4.74 Å². The predicted molar refractivity (Wildman–Crippen MR) is 81.8 cm³/mol. The fourth-order valence-corrected chi connectivity index (χ4v) is 3.04. The van der Waals surface area contributed by atoms with Crippen LogP contribution >= 0.6 is 0 Å². The van der Waals surface area contributed by atoms with Crippen molar-refractivity contribution in [1.29, 1.82) is 0 Å². The summed E-state index contributed by atoms with van der Waals surface area (Å²) in [6, 6.07) is 2.68. The highest BCUT2D eigenvalue weighted by Gasteiger charge is 2.22. The minimum absolute atomic E-state index is 0.430. The maximum absolute atomic E-state index is 5.48. The number of ether oxygens (including phenoxy) is 1. The SMILES string of the molecule is CCCNC(CC1CCOCC1)c1cc(C)nn1CC. The van der Waals surface area contributed by atoms with Gasteiger partial charge in [-0.05, 0) is 58.1 Å². The minimum Gasteiger partial charge on any atom is -0.381 e. The van der Waals surface area contributed by atoms with Crippen LogP contribution in [0.25, 0.3) is 0 Å². The molecule has 2 heterocycles. The number of aromatic nitrogens is 2. The first-order valence-electron chi connectivity index (χ1n) is 8.10. The summed E-state index contributed by atoms with van der Waals surface area (Å²) in [7, 11) is 0. The van der Waals surface area contributed by atoms with Crippen molar-refractivity contribution >= 4 is 0 Å². The Morgan fingerprint density at radius 2 is 2.15 bits per heavy atom. The topological polar surface area (TPSA) is 39.1 Å². The summed E-state index contributed by atoms with van der Waals surface area (Å²) in [4.78, 5) is 0. The van der Waals surface area contributed by atoms with Crippen molar-refractivity contribution in [3.63, 3.8) is 0 Å². The molecular weight excluding hydrogens is 250 g/mol. The molecule has 1 fully saturated rings. The minimum atomic E-state index is 0.430. The molecule has 4 heteroatoms. The van der Waals surface area contributed by atoms with Crippen LogP contribution < -0.4 is 5.32 Å². The van der Waals surface area contributed by atoms with Crippen LogP contribution in [0.4, 0.5) is 0 Å². The Hall–Kier alpha value is -0.870. The summed E-state index contributed by atoms with van der Waals surface area (Å²) in [6.45, 7) is 10.3. The number of nitrogens with one attached hydrogen (secondary N) is 1. The molecule has 1 saturated heterocycles. The molecule has 0 radical (unpaired) electrons. The van der Waals surface area contributed by atoms with Crippen LogP contribution in [0, 0.1) is 12.8 Å². The lowest BCUT2D eigenvalue weighted by Crippen LogP contribution is -2.28. The van der Waals surface area contributed by atoms with E-state index in [2.05, 4.69) is 41.9 Å². The van der Waals surface area contributed by atoms with Crippen molar-refractivity contribution in [2.24, 2.45) is 5.92 Å². The van der Waals surface area contributed by atoms with E-state index < -0.39 is 0 Å². The molecule has 0 aliphatic carbocycles. The molecule has 1 aliphatic rings. The molecule has 0 amide bonds. The van der Waals surface area contributed by atoms with Crippen molar-refractivity contribution in [2.75, 3.05) is 19.8 Å². The number of aryl methyl sites for hydroxylation is 2. The summed E-state index contributed by atoms with van der Waals surface area (Å²) in [5.41, 5.74) is 2.47. The van der Waals surface area contributed by atoms with E-state index in [0.717, 1.165) is 37.9 Å². The average molecular weight is 279 g/mol. The first kappa shape index (κ1) is 15.5. The van der Waals surface area contributed by atoms with Gasteiger partial charge in [-0.2, -0.15) is 5.10 Å². The average Bonchev–Trinajstić information content (AvgIpc) is 2.85. The highest BCUT2D eigenvalue weighted by atomic mass is 16.5. The van der Waals surface area contributed by atoms with E-state index >= 15 is 0 Å². The van der Waals surface area contributed by atoms with Crippen LogP contribution in [-0.2, 0) is 11.3 Å². The van der Waals surface area contributed by atoms with Gasteiger partial charge in [0, 0.05) is 25.8 Å². The van der Waals surface area contributed by atoms with Gasteiger partial charge in [0.15, 0.2) is 0 Å². The molecular formula is C16H29N3O. The van der Waals surface area contributed by atoms with Gasteiger partial charge < -0.3 is 10.1 Å². The van der Waals surface area contributed by atoms with Crippen LogP contribution in [-0.4, -0.2) is 29.5 Å². The van der Waals surface area contributed by atoms with Crippen molar-refractivity contribution in [3.8, 4) is 0 Å². The monoisotopic (exact) mass is 279 g/mol. The van der Waals surface area contributed by atoms with E-state index in [1.54, 1.807) is 0 Å². The standard InChI is InChI=1S/C16H29N3O/c1-4-8-17-15(12-14-6-9-20-10-7-14)16-11-13(3)18-19(16)5-2/h11,14-15,17H,4-10,12H2,1-3H3. The van der Waals surface area contributed by atoms with Crippen molar-refractivity contribution in [3.05, 3.63) is 17.5 Å². The van der Waals surface area contributed by atoms with Gasteiger partial charge in [-0.25, -0.2) is 0 Å². The highest BCUT2D eigenvalue weighted by Crippen LogP contribution is 2.28. The number of nitrogens with zero attached hydrogens (tertiary/aromatic N) is 2. The van der Waals surface area contributed by atoms with E-state index in [9.17, 15) is 0 Å². The summed E-state index contributed by atoms with van der Waals surface area (Å²) in [5.74, 6) is 0.776. The Morgan fingerprint density at radius 1 is 1.40 bits per heavy atom. The molecule has 1 unspecified atom stereocenters. The zero-order valence-corrected chi connectivity index (χ0v) is 13.2. The second kappa shape index (κ2) is 7.79. The maximum atomic E-state index is 5.48. The van der Waals surface area contributed by atoms with Gasteiger partial charge in [0.05, 0.1) is 11.4 Å². The van der Waals surface area contributed by atoms with Gasteiger partial charge in [-0.1, -0.05) is 6.92 Å². The van der Waals surface area contributed by atoms with Crippen LogP contribution in [0.1, 0.15) is 57.0 Å². The van der Waals surface area contributed by atoms with Crippen LogP contribution in [0.2, 0.25) is 0 Å². The largest absolute Gasteiger partial charge is 0.381 e. The van der Waals surface area contributed by atoms with Gasteiger partial charge in [-0.15, -0.1) is 0 Å². The molecule has 114 valence electrons. The molecule has 1 aromatic heterocycles. The molecule has 20 heavy (non-hydrogen) atoms. The summed E-state index contributed by atoms with van der Waals surface area (Å²) >= 11 is 0. The highest BCUT2D eigenvalue weighted by molar-refractivity contribution is 5.13. The fraction of sp³-hybridized carbons (Fsp3) is 0.812. The number of rotatable bonds is 7. The van der Waals surface area contributed by atoms with E-state index in [-0.39, 0.29) is 0 Å². The number of hydrogen-bond acceptors (Lipinski definition) is 3. The van der Waals surface area contributed by atoms with E-state index in [1.807, 2.05) is 0 Å². The normalized spacial score (nSPS) is 18.4. The predicted octanol–water partition coefficient (Wildman–Crippen LogP) is 3.07. The third-order valence-corrected chi connectivity index (χ3v) is 4.14. The Morgan fingerprint density at radius 3 is 2.80 bits per heavy atom. The Kier molecular flexibility index (Phi) is 6.05. The quantitative estimate of drug-likeness (QED) is 0.833. The molecule has 0 saturated carbocycles. The maximum Gasteiger partial charge on any atom is 0.0597 e. The van der Waals surface area contributed by atoms with Gasteiger partial charge in [0.25, 0.3) is 0 Å². The lowest BCUT2D eigenvalue weighted by molar-refractivity contribution is 0.0602. The summed E-state index contributed by atoms with van der Waals surface area (Å²) in [5, 5.41) is 8.32.